The summed E-state index contributed by atoms with van der Waals surface area (Å²) in [5, 5.41) is 11.5. The summed E-state index contributed by atoms with van der Waals surface area (Å²) in [5.74, 6) is -1.38. The lowest BCUT2D eigenvalue weighted by Crippen LogP contribution is -2.44. The minimum atomic E-state index is -0.866. The lowest BCUT2D eigenvalue weighted by atomic mass is 10.1. The van der Waals surface area contributed by atoms with Gasteiger partial charge in [-0.15, -0.1) is 6.58 Å². The first kappa shape index (κ1) is 13.5. The SMILES string of the molecule is C=CCN(C(=O)NCC(CC)C(=O)O)C1CC1. The molecule has 1 atom stereocenters. The molecule has 0 aromatic carbocycles. The summed E-state index contributed by atoms with van der Waals surface area (Å²) < 4.78 is 0. The number of nitrogens with one attached hydrogen (secondary N) is 1. The van der Waals surface area contributed by atoms with E-state index in [0.717, 1.165) is 12.8 Å². The first-order valence-electron chi connectivity index (χ1n) is 5.98. The summed E-state index contributed by atoms with van der Waals surface area (Å²) in [7, 11) is 0. The Morgan fingerprint density at radius 1 is 1.59 bits per heavy atom. The molecule has 1 unspecified atom stereocenters. The molecule has 0 saturated heterocycles. The summed E-state index contributed by atoms with van der Waals surface area (Å²) >= 11 is 0. The van der Waals surface area contributed by atoms with Crippen molar-refractivity contribution in [1.29, 1.82) is 0 Å². The molecule has 0 heterocycles. The van der Waals surface area contributed by atoms with E-state index in [0.29, 0.717) is 19.0 Å². The van der Waals surface area contributed by atoms with E-state index in [9.17, 15) is 9.59 Å². The molecule has 1 aliphatic rings. The quantitative estimate of drug-likeness (QED) is 0.662. The zero-order valence-electron chi connectivity index (χ0n) is 10.2. The number of hydrogen-bond acceptors (Lipinski definition) is 2. The highest BCUT2D eigenvalue weighted by Gasteiger charge is 2.32. The van der Waals surface area contributed by atoms with E-state index in [1.807, 2.05) is 0 Å². The van der Waals surface area contributed by atoms with Crippen molar-refractivity contribution in [2.45, 2.75) is 32.2 Å². The van der Waals surface area contributed by atoms with Gasteiger partial charge in [0.25, 0.3) is 0 Å². The van der Waals surface area contributed by atoms with Crippen LogP contribution in [-0.2, 0) is 4.79 Å². The lowest BCUT2D eigenvalue weighted by Gasteiger charge is -2.22. The molecule has 96 valence electrons. The average molecular weight is 240 g/mol. The molecular weight excluding hydrogens is 220 g/mol. The van der Waals surface area contributed by atoms with Crippen molar-refractivity contribution in [2.75, 3.05) is 13.1 Å². The Bertz CT molecular complexity index is 300. The molecular formula is C12H20N2O3. The molecule has 1 fully saturated rings. The smallest absolute Gasteiger partial charge is 0.317 e. The number of urea groups is 1. The summed E-state index contributed by atoms with van der Waals surface area (Å²) in [4.78, 5) is 24.3. The third-order valence-corrected chi connectivity index (χ3v) is 2.92. The number of carboxylic acids is 1. The Kier molecular flexibility index (Phi) is 5.00. The van der Waals surface area contributed by atoms with E-state index >= 15 is 0 Å². The predicted molar refractivity (Wildman–Crippen MR) is 64.7 cm³/mol. The molecule has 0 bridgehead atoms. The van der Waals surface area contributed by atoms with Gasteiger partial charge in [0.15, 0.2) is 0 Å². The zero-order valence-corrected chi connectivity index (χ0v) is 10.2. The number of aliphatic carboxylic acids is 1. The molecule has 2 amide bonds. The predicted octanol–water partition coefficient (Wildman–Crippen LogP) is 1.46. The third kappa shape index (κ3) is 4.09. The molecule has 0 aromatic heterocycles. The highest BCUT2D eigenvalue weighted by molar-refractivity contribution is 5.76. The van der Waals surface area contributed by atoms with Crippen LogP contribution in [0.15, 0.2) is 12.7 Å². The molecule has 5 nitrogen and oxygen atoms in total. The highest BCUT2D eigenvalue weighted by Crippen LogP contribution is 2.26. The van der Waals surface area contributed by atoms with Crippen LogP contribution in [0.2, 0.25) is 0 Å². The number of hydrogen-bond donors (Lipinski definition) is 2. The highest BCUT2D eigenvalue weighted by atomic mass is 16.4. The largest absolute Gasteiger partial charge is 0.481 e. The van der Waals surface area contributed by atoms with Gasteiger partial charge in [-0.05, 0) is 19.3 Å². The van der Waals surface area contributed by atoms with Crippen LogP contribution in [0.25, 0.3) is 0 Å². The molecule has 0 spiro atoms. The molecule has 1 rings (SSSR count). The molecule has 2 N–H and O–H groups in total. The van der Waals surface area contributed by atoms with Gasteiger partial charge in [0.1, 0.15) is 0 Å². The van der Waals surface area contributed by atoms with E-state index < -0.39 is 11.9 Å². The second-order valence-corrected chi connectivity index (χ2v) is 4.30. The monoisotopic (exact) mass is 240 g/mol. The first-order valence-corrected chi connectivity index (χ1v) is 5.98. The van der Waals surface area contributed by atoms with Crippen LogP contribution < -0.4 is 5.32 Å². The standard InChI is InChI=1S/C12H20N2O3/c1-3-7-14(10-5-6-10)12(17)13-8-9(4-2)11(15)16/h3,9-10H,1,4-8H2,2H3,(H,13,17)(H,15,16). The molecule has 1 saturated carbocycles. The number of carbonyl (C=O) groups excluding carboxylic acids is 1. The molecule has 0 aromatic rings. The van der Waals surface area contributed by atoms with Crippen LogP contribution in [-0.4, -0.2) is 41.1 Å². The summed E-state index contributed by atoms with van der Waals surface area (Å²) in [6, 6.07) is 0.116. The van der Waals surface area contributed by atoms with E-state index in [1.165, 1.54) is 0 Å². The third-order valence-electron chi connectivity index (χ3n) is 2.92. The van der Waals surface area contributed by atoms with Crippen molar-refractivity contribution >= 4 is 12.0 Å². The van der Waals surface area contributed by atoms with Gasteiger partial charge in [-0.25, -0.2) is 4.79 Å². The van der Waals surface area contributed by atoms with Gasteiger partial charge in [0, 0.05) is 19.1 Å². The fraction of sp³-hybridized carbons (Fsp3) is 0.667. The first-order chi connectivity index (χ1) is 8.10. The number of carboxylic acid groups (broad SMARTS) is 1. The van der Waals surface area contributed by atoms with Crippen LogP contribution in [0, 0.1) is 5.92 Å². The van der Waals surface area contributed by atoms with Crippen LogP contribution in [0.4, 0.5) is 4.79 Å². The Balaban J connectivity index is 2.40. The van der Waals surface area contributed by atoms with Gasteiger partial charge in [-0.3, -0.25) is 4.79 Å². The number of amides is 2. The molecule has 1 aliphatic carbocycles. The Labute approximate surface area is 101 Å². The maximum Gasteiger partial charge on any atom is 0.317 e. The number of rotatable bonds is 7. The van der Waals surface area contributed by atoms with Gasteiger partial charge in [0.05, 0.1) is 5.92 Å². The number of nitrogens with zero attached hydrogens (tertiary/aromatic N) is 1. The van der Waals surface area contributed by atoms with E-state index in [-0.39, 0.29) is 12.6 Å². The zero-order chi connectivity index (χ0) is 12.8. The van der Waals surface area contributed by atoms with E-state index in [1.54, 1.807) is 17.9 Å². The van der Waals surface area contributed by atoms with Gasteiger partial charge in [-0.1, -0.05) is 13.0 Å². The van der Waals surface area contributed by atoms with Gasteiger partial charge >= 0.3 is 12.0 Å². The fourth-order valence-corrected chi connectivity index (χ4v) is 1.64. The van der Waals surface area contributed by atoms with Gasteiger partial charge < -0.3 is 15.3 Å². The van der Waals surface area contributed by atoms with E-state index in [2.05, 4.69) is 11.9 Å². The second kappa shape index (κ2) is 6.27. The van der Waals surface area contributed by atoms with Crippen molar-refractivity contribution in [3.63, 3.8) is 0 Å². The number of carbonyl (C=O) groups is 2. The van der Waals surface area contributed by atoms with Crippen LogP contribution in [0.5, 0.6) is 0 Å². The molecule has 0 radical (unpaired) electrons. The molecule has 17 heavy (non-hydrogen) atoms. The Hall–Kier alpha value is -1.52. The van der Waals surface area contributed by atoms with Crippen molar-refractivity contribution in [2.24, 2.45) is 5.92 Å². The summed E-state index contributed by atoms with van der Waals surface area (Å²) in [5.41, 5.74) is 0. The maximum absolute atomic E-state index is 11.8. The van der Waals surface area contributed by atoms with Crippen LogP contribution >= 0.6 is 0 Å². The minimum Gasteiger partial charge on any atom is -0.481 e. The Morgan fingerprint density at radius 2 is 2.24 bits per heavy atom. The summed E-state index contributed by atoms with van der Waals surface area (Å²) in [6.45, 7) is 6.12. The van der Waals surface area contributed by atoms with Crippen LogP contribution in [0.3, 0.4) is 0 Å². The van der Waals surface area contributed by atoms with Crippen molar-refractivity contribution in [3.8, 4) is 0 Å². The van der Waals surface area contributed by atoms with Crippen molar-refractivity contribution < 1.29 is 14.7 Å². The molecule has 0 aliphatic heterocycles. The minimum absolute atomic E-state index is 0.186. The maximum atomic E-state index is 11.8. The Morgan fingerprint density at radius 3 is 2.65 bits per heavy atom. The lowest BCUT2D eigenvalue weighted by molar-refractivity contribution is -0.141. The van der Waals surface area contributed by atoms with Gasteiger partial charge in [-0.2, -0.15) is 0 Å². The molecule has 5 heteroatoms. The van der Waals surface area contributed by atoms with E-state index in [4.69, 9.17) is 5.11 Å². The topological polar surface area (TPSA) is 69.6 Å². The van der Waals surface area contributed by atoms with Crippen molar-refractivity contribution in [3.05, 3.63) is 12.7 Å². The fourth-order valence-electron chi connectivity index (χ4n) is 1.64. The second-order valence-electron chi connectivity index (χ2n) is 4.30. The normalized spacial score (nSPS) is 16.1. The summed E-state index contributed by atoms with van der Waals surface area (Å²) in [6.07, 6.45) is 4.25. The van der Waals surface area contributed by atoms with Gasteiger partial charge in [0.2, 0.25) is 0 Å². The van der Waals surface area contributed by atoms with Crippen molar-refractivity contribution in [1.82, 2.24) is 10.2 Å². The van der Waals surface area contributed by atoms with Crippen LogP contribution in [0.1, 0.15) is 26.2 Å². The average Bonchev–Trinajstić information content (AvgIpc) is 3.09.